The standard InChI is InChI=1S/C126H88N6Si2/c1-9-37-91(38-10-1)131-119-79-77-114-113(125(119)115-75-67-99(85-123(115)131)127(95-59-57-87-33-25-27-35-89(87)81-95)97-65-73-111-109-53-29-31-55-117(109)129(121(111)83-97)93-61-69-107(70-62-93)133(101-41-13-3-14-42-101,102-43-15-4-16-44-102)103-45-17-5-18-46-103)78-80-120-126(114)116-76-68-100(86-124(116)132(120)92-39-11-2-12-40-92)128(96-60-58-88-34-26-28-36-90(88)82-96)98-66-74-112-110-54-30-32-56-118(110)130(122(112)84-98)94-63-71-108(72-64-94)134(104-47-19-6-20-48-104,105-49-21-7-22-50-105)106-51-23-8-24-52-106/h1-86,133-134H/q-2. The Hall–Kier alpha value is -17.1. The van der Waals surface area contributed by atoms with E-state index in [1.54, 1.807) is 0 Å². The Morgan fingerprint density at radius 1 is 0.134 bits per heavy atom. The molecule has 0 radical (unpaired) electrons. The average Bonchev–Trinajstić information content (AvgIpc) is 1.56. The van der Waals surface area contributed by atoms with Crippen molar-refractivity contribution in [2.75, 3.05) is 9.80 Å². The van der Waals surface area contributed by atoms with Gasteiger partial charge in [-0.2, -0.15) is 0 Å². The van der Waals surface area contributed by atoms with Crippen molar-refractivity contribution in [2.24, 2.45) is 0 Å². The van der Waals surface area contributed by atoms with Crippen LogP contribution in [0.4, 0.5) is 34.1 Å². The normalized spacial score (nSPS) is 12.3. The fourth-order valence-electron chi connectivity index (χ4n) is 23.3. The molecular formula is C126H88N6Si2-2. The van der Waals surface area contributed by atoms with E-state index in [4.69, 9.17) is 0 Å². The van der Waals surface area contributed by atoms with Gasteiger partial charge in [0.1, 0.15) is 0 Å². The summed E-state index contributed by atoms with van der Waals surface area (Å²) in [6, 6.07) is 196. The van der Waals surface area contributed by atoms with Gasteiger partial charge in [0.25, 0.3) is 0 Å². The van der Waals surface area contributed by atoms with Crippen molar-refractivity contribution in [2.45, 2.75) is 0 Å². The van der Waals surface area contributed by atoms with Crippen LogP contribution in [0.2, 0.25) is 0 Å². The number of fused-ring (bicyclic) bond motifs is 17. The molecule has 0 spiro atoms. The monoisotopic (exact) mass is 1740 g/mol. The van der Waals surface area contributed by atoms with E-state index in [0.29, 0.717) is 0 Å². The summed E-state index contributed by atoms with van der Waals surface area (Å²) in [5, 5.41) is 27.6. The van der Waals surface area contributed by atoms with Crippen LogP contribution in [0.15, 0.2) is 522 Å². The zero-order chi connectivity index (χ0) is 88.4. The van der Waals surface area contributed by atoms with Crippen LogP contribution in [0.1, 0.15) is 0 Å². The van der Waals surface area contributed by atoms with Crippen molar-refractivity contribution >= 4 is 211 Å². The molecule has 0 aliphatic rings. The second kappa shape index (κ2) is 31.9. The third-order valence-electron chi connectivity index (χ3n) is 29.1. The first kappa shape index (κ1) is 77.9. The molecule has 134 heavy (non-hydrogen) atoms. The van der Waals surface area contributed by atoms with Crippen LogP contribution in [0, 0.1) is 0 Å². The van der Waals surface area contributed by atoms with Gasteiger partial charge in [0.15, 0.2) is 0 Å². The van der Waals surface area contributed by atoms with E-state index < -0.39 is 16.1 Å². The second-order valence-corrected chi connectivity index (χ2v) is 44.8. The van der Waals surface area contributed by atoms with Gasteiger partial charge < -0.3 is 9.13 Å². The zero-order valence-electron chi connectivity index (χ0n) is 73.5. The van der Waals surface area contributed by atoms with Crippen molar-refractivity contribution in [1.82, 2.24) is 18.3 Å². The summed E-state index contributed by atoms with van der Waals surface area (Å²) in [5.74, 6) is 0. The predicted molar refractivity (Wildman–Crippen MR) is 576 cm³/mol. The molecule has 0 N–H and O–H groups in total. The molecular weight excluding hydrogens is 1650 g/mol. The van der Waals surface area contributed by atoms with Crippen LogP contribution in [0.25, 0.3) is 142 Å². The second-order valence-electron chi connectivity index (χ2n) is 36.0. The summed E-state index contributed by atoms with van der Waals surface area (Å²) in [6.45, 7) is 0. The fourth-order valence-corrected chi connectivity index (χ4v) is 34.2. The Kier molecular flexibility index (Phi) is 18.6. The van der Waals surface area contributed by atoms with Gasteiger partial charge in [0.05, 0.1) is 11.0 Å². The first-order chi connectivity index (χ1) is 66.5. The van der Waals surface area contributed by atoms with E-state index in [-0.39, 0.29) is 0 Å². The fraction of sp³-hybridized carbons (Fsp3) is 0. The molecule has 0 atom stereocenters. The molecule has 632 valence electrons. The molecule has 0 saturated carbocycles. The Balaban J connectivity index is 0.639. The Morgan fingerprint density at radius 3 is 0.687 bits per heavy atom. The number of anilines is 6. The molecule has 4 aromatic heterocycles. The topological polar surface area (TPSA) is 26.2 Å². The van der Waals surface area contributed by atoms with Gasteiger partial charge in [0.2, 0.25) is 0 Å². The first-order valence-electron chi connectivity index (χ1n) is 46.6. The van der Waals surface area contributed by atoms with Crippen LogP contribution < -0.4 is 51.3 Å². The van der Waals surface area contributed by atoms with E-state index in [1.165, 1.54) is 117 Å². The zero-order valence-corrected chi connectivity index (χ0v) is 75.8. The summed E-state index contributed by atoms with van der Waals surface area (Å²) < 4.78 is 9.97. The number of benzene rings is 22. The molecule has 0 aliphatic heterocycles. The van der Waals surface area contributed by atoms with Gasteiger partial charge >= 0.3 is 576 Å². The number of hydrogen-bond donors (Lipinski definition) is 0. The van der Waals surface area contributed by atoms with Crippen molar-refractivity contribution in [3.05, 3.63) is 522 Å². The molecule has 6 nitrogen and oxygen atoms in total. The molecule has 26 rings (SSSR count). The summed E-state index contributed by atoms with van der Waals surface area (Å²) in [5.41, 5.74) is 19.7. The predicted octanol–water partition coefficient (Wildman–Crippen LogP) is 26.7. The Morgan fingerprint density at radius 2 is 0.358 bits per heavy atom. The molecule has 0 unspecified atom stereocenters. The van der Waals surface area contributed by atoms with Gasteiger partial charge in [0, 0.05) is 32.9 Å². The van der Waals surface area contributed by atoms with Crippen LogP contribution in [-0.2, 0) is 0 Å². The minimum absolute atomic E-state index is 1.04. The van der Waals surface area contributed by atoms with Crippen molar-refractivity contribution in [3.63, 3.8) is 0 Å². The van der Waals surface area contributed by atoms with E-state index in [2.05, 4.69) is 550 Å². The Labute approximate surface area is 778 Å². The number of nitrogens with zero attached hydrogens (tertiary/aromatic N) is 6. The van der Waals surface area contributed by atoms with Crippen LogP contribution in [0.3, 0.4) is 0 Å². The molecule has 0 fully saturated rings. The van der Waals surface area contributed by atoms with Gasteiger partial charge in [-0.15, -0.1) is 0 Å². The van der Waals surface area contributed by atoms with Gasteiger partial charge in [-0.1, -0.05) is 97.1 Å². The van der Waals surface area contributed by atoms with Crippen LogP contribution in [-0.4, -0.2) is 34.4 Å². The number of aromatic nitrogens is 4. The van der Waals surface area contributed by atoms with E-state index in [9.17, 15) is 0 Å². The molecule has 4 heterocycles. The number of para-hydroxylation sites is 4. The van der Waals surface area contributed by atoms with Crippen molar-refractivity contribution in [1.29, 1.82) is 0 Å². The quantitative estimate of drug-likeness (QED) is 0.0632. The minimum Gasteiger partial charge on any atom is -0.309 e. The first-order valence-corrected chi connectivity index (χ1v) is 51.2. The Bertz CT molecular complexity index is 8310. The molecule has 26 aromatic rings. The third-order valence-corrected chi connectivity index (χ3v) is 40.2. The molecule has 0 saturated heterocycles. The average molecular weight is 1740 g/mol. The van der Waals surface area contributed by atoms with Crippen LogP contribution >= 0.6 is 0 Å². The van der Waals surface area contributed by atoms with E-state index >= 15 is 0 Å². The maximum atomic E-state index is 2.50. The minimum atomic E-state index is -3.27. The molecule has 0 amide bonds. The van der Waals surface area contributed by atoms with Gasteiger partial charge in [-0.05, 0) is 57.9 Å². The molecule has 0 bridgehead atoms. The van der Waals surface area contributed by atoms with Gasteiger partial charge in [-0.25, -0.2) is 0 Å². The summed E-state index contributed by atoms with van der Waals surface area (Å²) in [7, 11) is -6.53. The van der Waals surface area contributed by atoms with Crippen molar-refractivity contribution < 1.29 is 0 Å². The maximum absolute atomic E-state index is 3.27. The number of hydrogen-bond acceptors (Lipinski definition) is 2. The smallest absolute Gasteiger partial charge is 0.309 e. The molecule has 8 heteroatoms. The molecule has 0 aliphatic carbocycles. The SMILES string of the molecule is c1ccc(-n2c3cc(N(c4ccc5ccccc5c4)c4ccc5c6ccccc6n(-c6ccc([SiH-](c7ccccc7)(c7ccccc7)c7ccccc7)cc6)c5c4)ccc3c3c4ccc5c(c4ccc32)c2ccc(N(c3ccc4ccccc4c3)c3ccc4c6ccccc6n(-c6ccc([SiH-](c7ccccc7)(c7ccccc7)c7ccccc7)cc6)c4c3)cc2n5-c2ccccc2)cc1. The van der Waals surface area contributed by atoms with Crippen LogP contribution in [0.5, 0.6) is 0 Å². The van der Waals surface area contributed by atoms with Gasteiger partial charge in [-0.3, -0.25) is 0 Å². The summed E-state index contributed by atoms with van der Waals surface area (Å²) >= 11 is 0. The summed E-state index contributed by atoms with van der Waals surface area (Å²) in [4.78, 5) is 4.96. The van der Waals surface area contributed by atoms with E-state index in [1.807, 2.05) is 0 Å². The summed E-state index contributed by atoms with van der Waals surface area (Å²) in [6.07, 6.45) is 0. The number of rotatable bonds is 18. The van der Waals surface area contributed by atoms with Crippen molar-refractivity contribution in [3.8, 4) is 22.7 Å². The van der Waals surface area contributed by atoms with E-state index in [0.717, 1.165) is 101 Å². The third kappa shape index (κ3) is 12.4. The molecule has 22 aromatic carbocycles.